The molecule has 0 saturated heterocycles. The van der Waals surface area contributed by atoms with E-state index in [0.717, 1.165) is 0 Å². The summed E-state index contributed by atoms with van der Waals surface area (Å²) in [5.74, 6) is -0.427. The Morgan fingerprint density at radius 1 is 1.19 bits per heavy atom. The van der Waals surface area contributed by atoms with E-state index in [2.05, 4.69) is 26.0 Å². The average molecular weight is 374 g/mol. The fourth-order valence-electron chi connectivity index (χ4n) is 1.73. The third-order valence-corrected chi connectivity index (χ3v) is 4.76. The minimum atomic E-state index is -3.62. The molecular weight excluding hydrogens is 361 g/mol. The van der Waals surface area contributed by atoms with Crippen LogP contribution in [0, 0.1) is 5.82 Å². The van der Waals surface area contributed by atoms with Crippen molar-refractivity contribution in [1.82, 2.24) is 4.72 Å². The van der Waals surface area contributed by atoms with Crippen LogP contribution < -0.4 is 15.8 Å². The van der Waals surface area contributed by atoms with Gasteiger partial charge in [0.1, 0.15) is 10.7 Å². The van der Waals surface area contributed by atoms with Gasteiger partial charge in [-0.3, -0.25) is 0 Å². The molecule has 0 heterocycles. The van der Waals surface area contributed by atoms with Crippen LogP contribution in [0.4, 0.5) is 21.5 Å². The molecule has 112 valence electrons. The van der Waals surface area contributed by atoms with Gasteiger partial charge in [-0.2, -0.15) is 0 Å². The third-order valence-electron chi connectivity index (χ3n) is 2.78. The Kier molecular flexibility index (Phi) is 4.50. The molecule has 2 aromatic rings. The summed E-state index contributed by atoms with van der Waals surface area (Å²) < 4.78 is 40.0. The van der Waals surface area contributed by atoms with Gasteiger partial charge in [0, 0.05) is 10.2 Å². The van der Waals surface area contributed by atoms with E-state index < -0.39 is 15.8 Å². The van der Waals surface area contributed by atoms with Crippen molar-refractivity contribution in [2.24, 2.45) is 0 Å². The molecule has 5 nitrogen and oxygen atoms in total. The van der Waals surface area contributed by atoms with Crippen LogP contribution in [0.1, 0.15) is 0 Å². The molecule has 0 amide bonds. The molecular formula is C13H13BrFN3O2S. The van der Waals surface area contributed by atoms with Crippen molar-refractivity contribution in [1.29, 1.82) is 0 Å². The molecule has 0 fully saturated rings. The molecule has 0 atom stereocenters. The van der Waals surface area contributed by atoms with Gasteiger partial charge in [-0.05, 0) is 43.4 Å². The standard InChI is InChI=1S/C13H13BrFN3O2S/c1-17-21(19,20)13-5-3-9(7-11(13)16)18-12-6-8(14)2-4-10(12)15/h2-7,17-18H,16H2,1H3. The minimum absolute atomic E-state index is 0.0229. The molecule has 0 spiro atoms. The van der Waals surface area contributed by atoms with Crippen molar-refractivity contribution in [2.75, 3.05) is 18.1 Å². The highest BCUT2D eigenvalue weighted by Gasteiger charge is 2.15. The molecule has 0 aliphatic rings. The number of hydrogen-bond donors (Lipinski definition) is 3. The second-order valence-electron chi connectivity index (χ2n) is 4.21. The van der Waals surface area contributed by atoms with Gasteiger partial charge in [0.05, 0.1) is 11.4 Å². The summed E-state index contributed by atoms with van der Waals surface area (Å²) in [5.41, 5.74) is 6.56. The van der Waals surface area contributed by atoms with E-state index in [-0.39, 0.29) is 16.3 Å². The summed E-state index contributed by atoms with van der Waals surface area (Å²) in [7, 11) is -2.31. The number of hydrogen-bond acceptors (Lipinski definition) is 4. The van der Waals surface area contributed by atoms with Crippen LogP contribution in [0.3, 0.4) is 0 Å². The number of halogens is 2. The van der Waals surface area contributed by atoms with Gasteiger partial charge in [0.15, 0.2) is 0 Å². The molecule has 0 radical (unpaired) electrons. The van der Waals surface area contributed by atoms with E-state index in [1.165, 1.54) is 31.3 Å². The summed E-state index contributed by atoms with van der Waals surface area (Å²) in [5, 5.41) is 2.85. The van der Waals surface area contributed by atoms with E-state index in [1.54, 1.807) is 12.1 Å². The maximum Gasteiger partial charge on any atom is 0.242 e. The lowest BCUT2D eigenvalue weighted by Crippen LogP contribution is -2.19. The molecule has 8 heteroatoms. The molecule has 0 saturated carbocycles. The first-order valence-corrected chi connectivity index (χ1v) is 8.16. The number of benzene rings is 2. The zero-order valence-corrected chi connectivity index (χ0v) is 13.4. The van der Waals surface area contributed by atoms with Crippen molar-refractivity contribution >= 4 is 43.0 Å². The molecule has 0 aliphatic heterocycles. The Hall–Kier alpha value is -1.64. The molecule has 2 rings (SSSR count). The highest BCUT2D eigenvalue weighted by molar-refractivity contribution is 9.10. The van der Waals surface area contributed by atoms with Crippen LogP contribution in [0.5, 0.6) is 0 Å². The summed E-state index contributed by atoms with van der Waals surface area (Å²) >= 11 is 3.25. The Balaban J connectivity index is 2.35. The second-order valence-corrected chi connectivity index (χ2v) is 6.98. The molecule has 2 aromatic carbocycles. The molecule has 0 bridgehead atoms. The number of sulfonamides is 1. The van der Waals surface area contributed by atoms with Gasteiger partial charge in [0.2, 0.25) is 10.0 Å². The first-order chi connectivity index (χ1) is 9.83. The number of nitrogens with two attached hydrogens (primary N) is 1. The fraction of sp³-hybridized carbons (Fsp3) is 0.0769. The summed E-state index contributed by atoms with van der Waals surface area (Å²) in [6, 6.07) is 8.78. The predicted octanol–water partition coefficient (Wildman–Crippen LogP) is 2.82. The van der Waals surface area contributed by atoms with Gasteiger partial charge >= 0.3 is 0 Å². The Bertz CT molecular complexity index is 781. The lowest BCUT2D eigenvalue weighted by molar-refractivity contribution is 0.588. The maximum absolute atomic E-state index is 13.7. The van der Waals surface area contributed by atoms with Crippen LogP contribution in [0.2, 0.25) is 0 Å². The Labute approximate surface area is 130 Å². The van der Waals surface area contributed by atoms with E-state index in [1.807, 2.05) is 0 Å². The molecule has 21 heavy (non-hydrogen) atoms. The lowest BCUT2D eigenvalue weighted by Gasteiger charge is -2.11. The van der Waals surface area contributed by atoms with Crippen molar-refractivity contribution in [3.05, 3.63) is 46.7 Å². The highest BCUT2D eigenvalue weighted by atomic mass is 79.9. The van der Waals surface area contributed by atoms with Crippen molar-refractivity contribution < 1.29 is 12.8 Å². The largest absolute Gasteiger partial charge is 0.398 e. The van der Waals surface area contributed by atoms with Gasteiger partial charge < -0.3 is 11.1 Å². The zero-order valence-electron chi connectivity index (χ0n) is 11.0. The SMILES string of the molecule is CNS(=O)(=O)c1ccc(Nc2cc(Br)ccc2F)cc1N. The van der Waals surface area contributed by atoms with Gasteiger partial charge in [-0.15, -0.1) is 0 Å². The normalized spacial score (nSPS) is 11.4. The Morgan fingerprint density at radius 2 is 1.90 bits per heavy atom. The monoisotopic (exact) mass is 373 g/mol. The van der Waals surface area contributed by atoms with Crippen molar-refractivity contribution in [2.45, 2.75) is 4.90 Å². The van der Waals surface area contributed by atoms with Crippen LogP contribution in [-0.2, 0) is 10.0 Å². The Morgan fingerprint density at radius 3 is 2.52 bits per heavy atom. The van der Waals surface area contributed by atoms with Crippen LogP contribution in [-0.4, -0.2) is 15.5 Å². The van der Waals surface area contributed by atoms with Gasteiger partial charge in [0.25, 0.3) is 0 Å². The smallest absolute Gasteiger partial charge is 0.242 e. The predicted molar refractivity (Wildman–Crippen MR) is 84.5 cm³/mol. The number of rotatable bonds is 4. The molecule has 0 unspecified atom stereocenters. The fourth-order valence-corrected chi connectivity index (χ4v) is 2.93. The van der Waals surface area contributed by atoms with Gasteiger partial charge in [-0.25, -0.2) is 17.5 Å². The summed E-state index contributed by atoms with van der Waals surface area (Å²) in [4.78, 5) is -0.0229. The maximum atomic E-state index is 13.7. The molecule has 0 aliphatic carbocycles. The topological polar surface area (TPSA) is 84.2 Å². The first kappa shape index (κ1) is 15.7. The van der Waals surface area contributed by atoms with E-state index in [0.29, 0.717) is 10.2 Å². The number of anilines is 3. The summed E-state index contributed by atoms with van der Waals surface area (Å²) in [6.45, 7) is 0. The average Bonchev–Trinajstić information content (AvgIpc) is 2.43. The quantitative estimate of drug-likeness (QED) is 0.719. The number of nitrogens with one attached hydrogen (secondary N) is 2. The molecule has 0 aromatic heterocycles. The van der Waals surface area contributed by atoms with Gasteiger partial charge in [-0.1, -0.05) is 15.9 Å². The van der Waals surface area contributed by atoms with E-state index in [4.69, 9.17) is 5.73 Å². The van der Waals surface area contributed by atoms with E-state index >= 15 is 0 Å². The number of nitrogen functional groups attached to an aromatic ring is 1. The second kappa shape index (κ2) is 6.00. The van der Waals surface area contributed by atoms with Crippen LogP contribution >= 0.6 is 15.9 Å². The lowest BCUT2D eigenvalue weighted by atomic mass is 10.2. The van der Waals surface area contributed by atoms with Crippen LogP contribution in [0.25, 0.3) is 0 Å². The zero-order chi connectivity index (χ0) is 15.6. The van der Waals surface area contributed by atoms with E-state index in [9.17, 15) is 12.8 Å². The van der Waals surface area contributed by atoms with Crippen molar-refractivity contribution in [3.8, 4) is 0 Å². The highest BCUT2D eigenvalue weighted by Crippen LogP contribution is 2.27. The molecule has 4 N–H and O–H groups in total. The van der Waals surface area contributed by atoms with Crippen molar-refractivity contribution in [3.63, 3.8) is 0 Å². The third kappa shape index (κ3) is 3.52. The summed E-state index contributed by atoms with van der Waals surface area (Å²) in [6.07, 6.45) is 0. The van der Waals surface area contributed by atoms with Crippen LogP contribution in [0.15, 0.2) is 45.8 Å². The first-order valence-electron chi connectivity index (χ1n) is 5.88. The minimum Gasteiger partial charge on any atom is -0.398 e.